The van der Waals surface area contributed by atoms with Gasteiger partial charge in [-0.25, -0.2) is 4.79 Å². The Morgan fingerprint density at radius 1 is 1.19 bits per heavy atom. The number of benzene rings is 1. The second kappa shape index (κ2) is 4.58. The smallest absolute Gasteiger partial charge is 0.312 e. The average molecular weight is 287 g/mol. The molecule has 1 atom stereocenters. The summed E-state index contributed by atoms with van der Waals surface area (Å²) in [6, 6.07) is 6.47. The van der Waals surface area contributed by atoms with Crippen LogP contribution in [0.5, 0.6) is 0 Å². The summed E-state index contributed by atoms with van der Waals surface area (Å²) in [5, 5.41) is 4.68. The third-order valence-electron chi connectivity index (χ3n) is 3.96. The monoisotopic (exact) mass is 287 g/mol. The zero-order valence-electron chi connectivity index (χ0n) is 12.0. The number of nitrogens with one attached hydrogen (secondary N) is 2. The van der Waals surface area contributed by atoms with Crippen LogP contribution in [0.15, 0.2) is 24.3 Å². The molecule has 21 heavy (non-hydrogen) atoms. The van der Waals surface area contributed by atoms with E-state index in [0.29, 0.717) is 23.7 Å². The topological polar surface area (TPSA) is 78.5 Å². The minimum atomic E-state index is -1.59. The molecule has 3 rings (SSSR count). The molecule has 2 aliphatic heterocycles. The molecule has 110 valence electrons. The van der Waals surface area contributed by atoms with Crippen molar-refractivity contribution in [1.29, 1.82) is 0 Å². The van der Waals surface area contributed by atoms with Gasteiger partial charge < -0.3 is 10.2 Å². The fourth-order valence-corrected chi connectivity index (χ4v) is 2.86. The molecule has 1 aromatic carbocycles. The van der Waals surface area contributed by atoms with Gasteiger partial charge in [0.1, 0.15) is 0 Å². The summed E-state index contributed by atoms with van der Waals surface area (Å²) in [6.45, 7) is 4.68. The molecule has 1 spiro atoms. The summed E-state index contributed by atoms with van der Waals surface area (Å²) in [6.07, 6.45) is 0.825. The Hall–Kier alpha value is -2.37. The Labute approximate surface area is 122 Å². The van der Waals surface area contributed by atoms with Crippen molar-refractivity contribution in [2.24, 2.45) is 5.92 Å². The van der Waals surface area contributed by atoms with Gasteiger partial charge in [0.25, 0.3) is 11.8 Å². The highest BCUT2D eigenvalue weighted by Gasteiger charge is 2.60. The third-order valence-corrected chi connectivity index (χ3v) is 3.96. The Morgan fingerprint density at radius 3 is 2.52 bits per heavy atom. The van der Waals surface area contributed by atoms with Crippen LogP contribution in [0.4, 0.5) is 10.5 Å². The third kappa shape index (κ3) is 1.82. The fraction of sp³-hybridized carbons (Fsp3) is 0.400. The lowest BCUT2D eigenvalue weighted by molar-refractivity contribution is -0.133. The Morgan fingerprint density at radius 2 is 1.90 bits per heavy atom. The van der Waals surface area contributed by atoms with Crippen LogP contribution in [0.2, 0.25) is 0 Å². The van der Waals surface area contributed by atoms with E-state index in [1.165, 1.54) is 0 Å². The number of amides is 4. The summed E-state index contributed by atoms with van der Waals surface area (Å²) in [4.78, 5) is 38.2. The maximum atomic E-state index is 12.8. The molecule has 2 aliphatic rings. The first-order valence-electron chi connectivity index (χ1n) is 7.02. The molecule has 0 aromatic heterocycles. The molecule has 1 saturated heterocycles. The van der Waals surface area contributed by atoms with Gasteiger partial charge in [0.2, 0.25) is 5.54 Å². The van der Waals surface area contributed by atoms with Gasteiger partial charge in [-0.05, 0) is 18.4 Å². The Kier molecular flexibility index (Phi) is 2.97. The predicted molar refractivity (Wildman–Crippen MR) is 76.6 cm³/mol. The average Bonchev–Trinajstić information content (AvgIpc) is 2.86. The van der Waals surface area contributed by atoms with E-state index in [0.717, 1.165) is 6.42 Å². The van der Waals surface area contributed by atoms with E-state index < -0.39 is 17.5 Å². The molecule has 6 heteroatoms. The number of fused-ring (bicyclic) bond motifs is 2. The summed E-state index contributed by atoms with van der Waals surface area (Å²) in [5.74, 6) is -0.543. The van der Waals surface area contributed by atoms with Crippen LogP contribution in [0.25, 0.3) is 0 Å². The van der Waals surface area contributed by atoms with Gasteiger partial charge >= 0.3 is 6.03 Å². The molecule has 0 saturated carbocycles. The van der Waals surface area contributed by atoms with E-state index in [1.54, 1.807) is 23.1 Å². The van der Waals surface area contributed by atoms with Gasteiger partial charge in [0, 0.05) is 12.1 Å². The number of urea groups is 1. The highest BCUT2D eigenvalue weighted by atomic mass is 16.2. The van der Waals surface area contributed by atoms with Gasteiger partial charge in [-0.15, -0.1) is 0 Å². The van der Waals surface area contributed by atoms with Crippen molar-refractivity contribution in [3.8, 4) is 0 Å². The van der Waals surface area contributed by atoms with Crippen LogP contribution < -0.4 is 15.5 Å². The largest absolute Gasteiger partial charge is 0.323 e. The van der Waals surface area contributed by atoms with Gasteiger partial charge in [-0.1, -0.05) is 32.0 Å². The molecule has 2 N–H and O–H groups in total. The highest BCUT2D eigenvalue weighted by molar-refractivity contribution is 6.27. The quantitative estimate of drug-likeness (QED) is 0.646. The number of anilines is 1. The predicted octanol–water partition coefficient (Wildman–Crippen LogP) is 1.11. The van der Waals surface area contributed by atoms with E-state index in [-0.39, 0.29) is 5.91 Å². The van der Waals surface area contributed by atoms with Gasteiger partial charge in [-0.2, -0.15) is 0 Å². The summed E-state index contributed by atoms with van der Waals surface area (Å²) >= 11 is 0. The number of rotatable bonds is 3. The van der Waals surface area contributed by atoms with E-state index >= 15 is 0 Å². The zero-order chi connectivity index (χ0) is 15.2. The molecule has 1 aromatic rings. The van der Waals surface area contributed by atoms with E-state index in [4.69, 9.17) is 0 Å². The van der Waals surface area contributed by atoms with E-state index in [1.807, 2.05) is 6.07 Å². The maximum absolute atomic E-state index is 12.8. The van der Waals surface area contributed by atoms with Crippen molar-refractivity contribution in [3.63, 3.8) is 0 Å². The number of imide groups is 1. The van der Waals surface area contributed by atoms with Gasteiger partial charge in [0.05, 0.1) is 5.69 Å². The molecule has 0 radical (unpaired) electrons. The molecular formula is C15H17N3O3. The van der Waals surface area contributed by atoms with Crippen molar-refractivity contribution >= 4 is 23.5 Å². The Bertz CT molecular complexity index is 641. The van der Waals surface area contributed by atoms with Gasteiger partial charge in [0.15, 0.2) is 0 Å². The first kappa shape index (κ1) is 13.6. The first-order valence-corrected chi connectivity index (χ1v) is 7.02. The fourth-order valence-electron chi connectivity index (χ4n) is 2.86. The van der Waals surface area contributed by atoms with Crippen molar-refractivity contribution in [1.82, 2.24) is 10.6 Å². The number of hydrogen-bond acceptors (Lipinski definition) is 3. The number of nitrogens with zero attached hydrogens (tertiary/aromatic N) is 1. The van der Waals surface area contributed by atoms with Crippen LogP contribution in [0.1, 0.15) is 25.8 Å². The highest BCUT2D eigenvalue weighted by Crippen LogP contribution is 2.42. The number of carbonyl (C=O) groups is 3. The SMILES string of the molecule is CC(C)CCN1C(=O)C2(NC(=O)NC2=O)c2ccccc21. The van der Waals surface area contributed by atoms with Crippen molar-refractivity contribution in [2.45, 2.75) is 25.8 Å². The molecule has 2 heterocycles. The second-order valence-electron chi connectivity index (χ2n) is 5.81. The maximum Gasteiger partial charge on any atom is 0.323 e. The van der Waals surface area contributed by atoms with Crippen LogP contribution in [0.3, 0.4) is 0 Å². The summed E-state index contributed by atoms with van der Waals surface area (Å²) < 4.78 is 0. The van der Waals surface area contributed by atoms with Crippen molar-refractivity contribution < 1.29 is 14.4 Å². The van der Waals surface area contributed by atoms with Crippen molar-refractivity contribution in [2.75, 3.05) is 11.4 Å². The molecule has 0 aliphatic carbocycles. The van der Waals surface area contributed by atoms with E-state index in [2.05, 4.69) is 24.5 Å². The van der Waals surface area contributed by atoms with Crippen LogP contribution in [-0.4, -0.2) is 24.4 Å². The van der Waals surface area contributed by atoms with Crippen LogP contribution in [-0.2, 0) is 15.1 Å². The summed E-state index contributed by atoms with van der Waals surface area (Å²) in [7, 11) is 0. The number of carbonyl (C=O) groups excluding carboxylic acids is 3. The minimum Gasteiger partial charge on any atom is -0.312 e. The van der Waals surface area contributed by atoms with Crippen LogP contribution in [0, 0.1) is 5.92 Å². The zero-order valence-corrected chi connectivity index (χ0v) is 12.0. The lowest BCUT2D eigenvalue weighted by Crippen LogP contribution is -2.52. The lowest BCUT2D eigenvalue weighted by Gasteiger charge is -2.21. The molecular weight excluding hydrogens is 270 g/mol. The second-order valence-corrected chi connectivity index (χ2v) is 5.81. The lowest BCUT2D eigenvalue weighted by atomic mass is 9.92. The van der Waals surface area contributed by atoms with E-state index in [9.17, 15) is 14.4 Å². The standard InChI is InChI=1S/C15H17N3O3/c1-9(2)7-8-18-11-6-4-3-5-10(11)15(13(18)20)12(19)16-14(21)17-15/h3-6,9H,7-8H2,1-2H3,(H2,16,17,19,21). The van der Waals surface area contributed by atoms with Crippen molar-refractivity contribution in [3.05, 3.63) is 29.8 Å². The minimum absolute atomic E-state index is 0.382. The normalized spacial score (nSPS) is 23.8. The number of hydrogen-bond donors (Lipinski definition) is 2. The molecule has 4 amide bonds. The first-order chi connectivity index (χ1) is 9.96. The summed E-state index contributed by atoms with van der Waals surface area (Å²) in [5.41, 5.74) is -0.354. The van der Waals surface area contributed by atoms with Crippen LogP contribution >= 0.6 is 0 Å². The molecule has 0 bridgehead atoms. The molecule has 1 fully saturated rings. The Balaban J connectivity index is 2.07. The molecule has 1 unspecified atom stereocenters. The van der Waals surface area contributed by atoms with Gasteiger partial charge in [-0.3, -0.25) is 14.9 Å². The molecule has 6 nitrogen and oxygen atoms in total. The number of para-hydroxylation sites is 1.